The Hall–Kier alpha value is -1.18. The van der Waals surface area contributed by atoms with E-state index in [4.69, 9.17) is 4.84 Å². The van der Waals surface area contributed by atoms with Crippen molar-refractivity contribution in [3.05, 3.63) is 24.3 Å². The van der Waals surface area contributed by atoms with E-state index < -0.39 is 7.81 Å². The van der Waals surface area contributed by atoms with Crippen LogP contribution in [0.25, 0.3) is 11.0 Å². The molecule has 0 bridgehead atoms. The van der Waals surface area contributed by atoms with Gasteiger partial charge in [-0.05, 0) is 17.3 Å². The Kier molecular flexibility index (Phi) is 4.45. The van der Waals surface area contributed by atoms with Crippen molar-refractivity contribution in [1.82, 2.24) is 19.8 Å². The summed E-state index contributed by atoms with van der Waals surface area (Å²) in [7, 11) is -6.98. The first-order chi connectivity index (χ1) is 9.22. The van der Waals surface area contributed by atoms with Crippen molar-refractivity contribution in [2.45, 2.75) is 0 Å². The molecule has 0 spiro atoms. The molecule has 122 valence electrons. The molecule has 1 unspecified atom stereocenters. The standard InChI is InChI=1S/C8H11N4OP.F6P/c1-11(14)6-13-12-8-5-3-2-4-7(8)9-10-12;1-7(2,3,4,5)6/h2-5H,6,14H2,1H3;/q;-1/p+1. The molecule has 0 aliphatic carbocycles. The van der Waals surface area contributed by atoms with Crippen LogP contribution in [0.15, 0.2) is 24.3 Å². The van der Waals surface area contributed by atoms with Gasteiger partial charge in [0, 0.05) is 16.4 Å². The van der Waals surface area contributed by atoms with Crippen molar-refractivity contribution < 1.29 is 30.0 Å². The van der Waals surface area contributed by atoms with Crippen molar-refractivity contribution in [3.8, 4) is 0 Å². The van der Waals surface area contributed by atoms with E-state index in [0.717, 1.165) is 11.0 Å². The monoisotopic (exact) mass is 356 g/mol. The zero-order valence-electron chi connectivity index (χ0n) is 10.6. The number of halogens is 6. The number of aromatic nitrogens is 3. The first-order valence-electron chi connectivity index (χ1n) is 5.24. The van der Waals surface area contributed by atoms with Gasteiger partial charge in [-0.15, -0.1) is 5.10 Å². The van der Waals surface area contributed by atoms with Crippen LogP contribution in [0, 0.1) is 0 Å². The fourth-order valence-corrected chi connectivity index (χ4v) is 1.18. The zero-order chi connectivity index (χ0) is 16.4. The molecule has 2 aromatic rings. The summed E-state index contributed by atoms with van der Waals surface area (Å²) in [5.41, 5.74) is 1.73. The normalized spacial score (nSPS) is 15.2. The summed E-state index contributed by atoms with van der Waals surface area (Å²) in [6, 6.07) is 7.69. The molecule has 21 heavy (non-hydrogen) atoms. The van der Waals surface area contributed by atoms with Crippen LogP contribution >= 0.6 is 17.2 Å². The molecule has 1 heterocycles. The number of nitrogens with zero attached hydrogens (tertiary/aromatic N) is 4. The number of para-hydroxylation sites is 1. The Balaban J connectivity index is 0.000000270. The molecule has 0 radical (unpaired) electrons. The van der Waals surface area contributed by atoms with Gasteiger partial charge in [-0.3, -0.25) is 0 Å². The van der Waals surface area contributed by atoms with E-state index in [1.54, 1.807) is 9.39 Å². The maximum atomic E-state index is 9.87. The Morgan fingerprint density at radius 1 is 1.19 bits per heavy atom. The minimum atomic E-state index is -10.7. The number of benzene rings is 1. The van der Waals surface area contributed by atoms with Crippen molar-refractivity contribution in [1.29, 1.82) is 0 Å². The average molecular weight is 356 g/mol. The number of hydrogen-bond acceptors (Lipinski definition) is 4. The Morgan fingerprint density at radius 2 is 1.71 bits per heavy atom. The van der Waals surface area contributed by atoms with Crippen LogP contribution in [-0.2, 0) is 0 Å². The van der Waals surface area contributed by atoms with E-state index in [1.165, 1.54) is 4.85 Å². The van der Waals surface area contributed by atoms with Crippen LogP contribution < -0.4 is 4.84 Å². The Labute approximate surface area is 117 Å². The van der Waals surface area contributed by atoms with E-state index in [0.29, 0.717) is 6.73 Å². The van der Waals surface area contributed by atoms with Gasteiger partial charge in [-0.2, -0.15) is 4.67 Å². The van der Waals surface area contributed by atoms with Gasteiger partial charge in [-0.1, -0.05) is 17.0 Å². The third-order valence-electron chi connectivity index (χ3n) is 1.72. The molecular weight excluding hydrogens is 344 g/mol. The molecule has 0 saturated heterocycles. The fourth-order valence-electron chi connectivity index (χ4n) is 1.10. The molecule has 1 aromatic carbocycles. The van der Waals surface area contributed by atoms with E-state index >= 15 is 0 Å². The number of fused-ring (bicyclic) bond motifs is 1. The fraction of sp³-hybridized carbons (Fsp3) is 0.250. The first kappa shape index (κ1) is 17.9. The summed E-state index contributed by atoms with van der Waals surface area (Å²) in [5, 5.41) is 7.86. The van der Waals surface area contributed by atoms with E-state index in [-0.39, 0.29) is 0 Å². The summed E-state index contributed by atoms with van der Waals surface area (Å²) in [5.74, 6) is 0. The molecule has 1 atom stereocenters. The van der Waals surface area contributed by atoms with Crippen LogP contribution in [0.4, 0.5) is 25.2 Å². The molecule has 0 saturated carbocycles. The van der Waals surface area contributed by atoms with Crippen molar-refractivity contribution in [3.63, 3.8) is 0 Å². The van der Waals surface area contributed by atoms with Gasteiger partial charge < -0.3 is 4.84 Å². The number of rotatable bonds is 3. The summed E-state index contributed by atoms with van der Waals surface area (Å²) < 4.78 is 61.1. The van der Waals surface area contributed by atoms with Crippen LogP contribution in [0.2, 0.25) is 0 Å². The maximum absolute atomic E-state index is 10.7. The van der Waals surface area contributed by atoms with E-state index in [1.807, 2.05) is 36.0 Å². The Bertz CT molecular complexity index is 602. The van der Waals surface area contributed by atoms with E-state index in [2.05, 4.69) is 10.3 Å². The number of hydrogen-bond donors (Lipinski definition) is 0. The molecule has 0 aliphatic rings. The van der Waals surface area contributed by atoms with Gasteiger partial charge in [-0.25, -0.2) is 0 Å². The molecule has 2 rings (SSSR count). The summed E-state index contributed by atoms with van der Waals surface area (Å²) >= 11 is 0. The third-order valence-corrected chi connectivity index (χ3v) is 1.90. The molecule has 5 nitrogen and oxygen atoms in total. The van der Waals surface area contributed by atoms with Crippen LogP contribution in [0.5, 0.6) is 0 Å². The molecule has 0 aliphatic heterocycles. The Morgan fingerprint density at radius 3 is 2.24 bits per heavy atom. The molecule has 0 N–H and O–H groups in total. The van der Waals surface area contributed by atoms with Gasteiger partial charge in [0.1, 0.15) is 11.0 Å². The molecular formula is C8H12F6N4OP2. The van der Waals surface area contributed by atoms with Crippen molar-refractivity contribution in [2.75, 3.05) is 13.8 Å². The molecule has 0 amide bonds. The van der Waals surface area contributed by atoms with Gasteiger partial charge in [0.05, 0.1) is 0 Å². The van der Waals surface area contributed by atoms with Crippen LogP contribution in [0.3, 0.4) is 0 Å². The molecule has 0 fully saturated rings. The molecule has 13 heteroatoms. The van der Waals surface area contributed by atoms with Gasteiger partial charge in [0.25, 0.3) is 0 Å². The summed E-state index contributed by atoms with van der Waals surface area (Å²) in [6.07, 6.45) is 0. The van der Waals surface area contributed by atoms with Gasteiger partial charge in [0.15, 0.2) is 6.73 Å². The van der Waals surface area contributed by atoms with Gasteiger partial charge in [0.2, 0.25) is 0 Å². The summed E-state index contributed by atoms with van der Waals surface area (Å²) in [6.45, 7) is 0.492. The topological polar surface area (TPSA) is 43.2 Å². The van der Waals surface area contributed by atoms with Crippen molar-refractivity contribution in [2.24, 2.45) is 0 Å². The average Bonchev–Trinajstić information content (AvgIpc) is 2.65. The van der Waals surface area contributed by atoms with E-state index in [9.17, 15) is 25.2 Å². The molecule has 1 aromatic heterocycles. The van der Waals surface area contributed by atoms with Crippen LogP contribution in [-0.4, -0.2) is 33.6 Å². The second-order valence-electron chi connectivity index (χ2n) is 4.02. The quantitative estimate of drug-likeness (QED) is 0.478. The van der Waals surface area contributed by atoms with Crippen LogP contribution in [0.1, 0.15) is 0 Å². The second-order valence-corrected chi connectivity index (χ2v) is 7.02. The predicted octanol–water partition coefficient (Wildman–Crippen LogP) is 3.65. The van der Waals surface area contributed by atoms with Crippen molar-refractivity contribution >= 4 is 28.2 Å². The minimum absolute atomic E-state index is 0.492. The SMILES string of the molecule is CN([PH3+])COn1nnc2ccccc21.F[P-](F)(F)(F)(F)F. The summed E-state index contributed by atoms with van der Waals surface area (Å²) in [4.78, 5) is 6.84. The zero-order valence-corrected chi connectivity index (χ0v) is 12.9. The second kappa shape index (κ2) is 5.23. The predicted molar refractivity (Wildman–Crippen MR) is 71.4 cm³/mol. The van der Waals surface area contributed by atoms with Gasteiger partial charge >= 0.3 is 33.0 Å². The third kappa shape index (κ3) is 9.38. The first-order valence-corrected chi connectivity index (χ1v) is 7.90.